The zero-order chi connectivity index (χ0) is 14.8. The predicted octanol–water partition coefficient (Wildman–Crippen LogP) is 5.55. The molecule has 1 atom stereocenters. The number of rotatable bonds is 3. The Balaban J connectivity index is 2.34. The van der Waals surface area contributed by atoms with Crippen molar-refractivity contribution in [2.45, 2.75) is 33.1 Å². The lowest BCUT2D eigenvalue weighted by Gasteiger charge is -2.25. The van der Waals surface area contributed by atoms with Crippen LogP contribution in [0.15, 0.2) is 48.5 Å². The fourth-order valence-corrected chi connectivity index (χ4v) is 3.50. The second-order valence-corrected chi connectivity index (χ2v) is 7.98. The maximum absolute atomic E-state index is 6.48. The molecule has 1 unspecified atom stereocenters. The van der Waals surface area contributed by atoms with E-state index in [1.54, 1.807) is 0 Å². The minimum atomic E-state index is -1.16. The first kappa shape index (κ1) is 15.4. The summed E-state index contributed by atoms with van der Waals surface area (Å²) in [7, 11) is -1.16. The number of aryl methyl sites for hydroxylation is 1. The summed E-state index contributed by atoms with van der Waals surface area (Å²) in [5.74, 6) is 0.921. The van der Waals surface area contributed by atoms with Crippen LogP contribution in [0.25, 0.3) is 0 Å². The van der Waals surface area contributed by atoms with E-state index in [1.807, 2.05) is 30.3 Å². The Morgan fingerprint density at radius 3 is 2.20 bits per heavy atom. The minimum Gasteiger partial charge on any atom is -0.453 e. The summed E-state index contributed by atoms with van der Waals surface area (Å²) in [5, 5.41) is 1.03. The van der Waals surface area contributed by atoms with Gasteiger partial charge in [-0.25, -0.2) is 0 Å². The second-order valence-electron chi connectivity index (χ2n) is 5.87. The summed E-state index contributed by atoms with van der Waals surface area (Å²) in [6, 6.07) is 16.2. The molecule has 0 bridgehead atoms. The maximum atomic E-state index is 6.48. The largest absolute Gasteiger partial charge is 0.453 e. The fourth-order valence-electron chi connectivity index (χ4n) is 2.04. The van der Waals surface area contributed by atoms with Gasteiger partial charge >= 0.3 is 0 Å². The van der Waals surface area contributed by atoms with Crippen molar-refractivity contribution in [1.29, 1.82) is 0 Å². The van der Waals surface area contributed by atoms with Crippen LogP contribution in [0.1, 0.15) is 31.9 Å². The molecule has 0 amide bonds. The first-order valence-corrected chi connectivity index (χ1v) is 8.85. The van der Waals surface area contributed by atoms with Gasteiger partial charge in [-0.15, -0.1) is 0 Å². The normalized spacial score (nSPS) is 13.1. The van der Waals surface area contributed by atoms with Crippen LogP contribution in [-0.2, 0) is 5.41 Å². The third-order valence-corrected chi connectivity index (χ3v) is 4.99. The van der Waals surface area contributed by atoms with Gasteiger partial charge in [0.05, 0.1) is 0 Å². The molecule has 0 saturated heterocycles. The highest BCUT2D eigenvalue weighted by atomic mass is 35.7. The van der Waals surface area contributed by atoms with Gasteiger partial charge in [0.1, 0.15) is 5.75 Å². The molecule has 2 aromatic rings. The van der Waals surface area contributed by atoms with Crippen molar-refractivity contribution in [3.05, 3.63) is 59.7 Å². The highest BCUT2D eigenvalue weighted by molar-refractivity contribution is 7.86. The van der Waals surface area contributed by atoms with Crippen LogP contribution in [-0.4, -0.2) is 0 Å². The minimum absolute atomic E-state index is 0.0328. The molecule has 2 aromatic carbocycles. The lowest BCUT2D eigenvalue weighted by atomic mass is 9.85. The average Bonchev–Trinajstić information content (AvgIpc) is 2.40. The molecule has 0 aliphatic rings. The van der Waals surface area contributed by atoms with E-state index in [4.69, 9.17) is 15.8 Å². The van der Waals surface area contributed by atoms with Crippen molar-refractivity contribution in [3.8, 4) is 5.75 Å². The Hall–Kier alpha value is -1.04. The van der Waals surface area contributed by atoms with Crippen LogP contribution in [0.3, 0.4) is 0 Å². The van der Waals surface area contributed by atoms with Gasteiger partial charge in [0.2, 0.25) is 7.50 Å². The zero-order valence-corrected chi connectivity index (χ0v) is 14.0. The number of halogens is 1. The third-order valence-electron chi connectivity index (χ3n) is 3.15. The van der Waals surface area contributed by atoms with E-state index in [1.165, 1.54) is 5.56 Å². The van der Waals surface area contributed by atoms with E-state index in [2.05, 4.69) is 45.9 Å². The third kappa shape index (κ3) is 3.53. The van der Waals surface area contributed by atoms with Crippen molar-refractivity contribution in [3.63, 3.8) is 0 Å². The van der Waals surface area contributed by atoms with Crippen LogP contribution in [0.5, 0.6) is 5.75 Å². The summed E-state index contributed by atoms with van der Waals surface area (Å²) in [4.78, 5) is 0. The SMILES string of the molecule is Cc1cccc(C(C)(C)C)c1OP(Cl)c1ccccc1. The van der Waals surface area contributed by atoms with E-state index in [0.29, 0.717) is 0 Å². The molecule has 2 rings (SSSR count). The molecule has 0 aliphatic carbocycles. The van der Waals surface area contributed by atoms with Crippen LogP contribution in [0.4, 0.5) is 0 Å². The highest BCUT2D eigenvalue weighted by Crippen LogP contribution is 2.46. The van der Waals surface area contributed by atoms with Gasteiger partial charge in [-0.05, 0) is 29.1 Å². The Morgan fingerprint density at radius 1 is 0.950 bits per heavy atom. The summed E-state index contributed by atoms with van der Waals surface area (Å²) < 4.78 is 6.12. The Morgan fingerprint density at radius 2 is 1.60 bits per heavy atom. The van der Waals surface area contributed by atoms with Crippen LogP contribution in [0.2, 0.25) is 0 Å². The van der Waals surface area contributed by atoms with Crippen LogP contribution < -0.4 is 9.83 Å². The molecule has 106 valence electrons. The average molecular weight is 307 g/mol. The fraction of sp³-hybridized carbons (Fsp3) is 0.294. The summed E-state index contributed by atoms with van der Waals surface area (Å²) >= 11 is 6.48. The van der Waals surface area contributed by atoms with Crippen molar-refractivity contribution >= 4 is 24.0 Å². The maximum Gasteiger partial charge on any atom is 0.215 e. The number of hydrogen-bond donors (Lipinski definition) is 0. The molecule has 0 heterocycles. The van der Waals surface area contributed by atoms with Crippen molar-refractivity contribution in [2.24, 2.45) is 0 Å². The molecular weight excluding hydrogens is 287 g/mol. The molecule has 1 nitrogen and oxygen atoms in total. The molecular formula is C17H20ClOP. The molecule has 0 radical (unpaired) electrons. The molecule has 0 aromatic heterocycles. The van der Waals surface area contributed by atoms with E-state index >= 15 is 0 Å². The van der Waals surface area contributed by atoms with E-state index in [9.17, 15) is 0 Å². The monoisotopic (exact) mass is 306 g/mol. The quantitative estimate of drug-likeness (QED) is 0.676. The van der Waals surface area contributed by atoms with Gasteiger partial charge in [-0.1, -0.05) is 69.3 Å². The number of hydrogen-bond acceptors (Lipinski definition) is 1. The van der Waals surface area contributed by atoms with Gasteiger partial charge < -0.3 is 4.52 Å². The lowest BCUT2D eigenvalue weighted by molar-refractivity contribution is 0.539. The van der Waals surface area contributed by atoms with E-state index in [0.717, 1.165) is 16.6 Å². The standard InChI is InChI=1S/C17H20ClOP/c1-13-9-8-12-15(17(2,3)4)16(13)19-20(18)14-10-6-5-7-11-14/h5-12H,1-4H3. The molecule has 3 heteroatoms. The summed E-state index contributed by atoms with van der Waals surface area (Å²) in [6.07, 6.45) is 0. The second kappa shape index (κ2) is 6.16. The van der Waals surface area contributed by atoms with Crippen molar-refractivity contribution in [2.75, 3.05) is 0 Å². The van der Waals surface area contributed by atoms with E-state index in [-0.39, 0.29) is 5.41 Å². The molecule has 0 saturated carbocycles. The highest BCUT2D eigenvalue weighted by Gasteiger charge is 2.22. The van der Waals surface area contributed by atoms with Gasteiger partial charge in [0.25, 0.3) is 0 Å². The lowest BCUT2D eigenvalue weighted by Crippen LogP contribution is -2.14. The topological polar surface area (TPSA) is 9.23 Å². The molecule has 20 heavy (non-hydrogen) atoms. The smallest absolute Gasteiger partial charge is 0.215 e. The predicted molar refractivity (Wildman–Crippen MR) is 89.4 cm³/mol. The first-order valence-electron chi connectivity index (χ1n) is 6.68. The van der Waals surface area contributed by atoms with Gasteiger partial charge in [0, 0.05) is 10.9 Å². The van der Waals surface area contributed by atoms with Gasteiger partial charge in [0.15, 0.2) is 0 Å². The molecule has 0 N–H and O–H groups in total. The van der Waals surface area contributed by atoms with Gasteiger partial charge in [-0.3, -0.25) is 0 Å². The van der Waals surface area contributed by atoms with Crippen molar-refractivity contribution < 1.29 is 4.52 Å². The number of para-hydroxylation sites is 1. The molecule has 0 spiro atoms. The first-order chi connectivity index (χ1) is 9.39. The molecule has 0 fully saturated rings. The zero-order valence-electron chi connectivity index (χ0n) is 12.4. The van der Waals surface area contributed by atoms with Crippen LogP contribution in [0, 0.1) is 6.92 Å². The molecule has 0 aliphatic heterocycles. The number of benzene rings is 2. The summed E-state index contributed by atoms with van der Waals surface area (Å²) in [6.45, 7) is 8.63. The Labute approximate surface area is 127 Å². The van der Waals surface area contributed by atoms with Gasteiger partial charge in [-0.2, -0.15) is 0 Å². The summed E-state index contributed by atoms with van der Waals surface area (Å²) in [5.41, 5.74) is 2.36. The Kier molecular flexibility index (Phi) is 4.73. The van der Waals surface area contributed by atoms with E-state index < -0.39 is 7.50 Å². The van der Waals surface area contributed by atoms with Crippen molar-refractivity contribution in [1.82, 2.24) is 0 Å². The van der Waals surface area contributed by atoms with Crippen LogP contribution >= 0.6 is 18.7 Å². The Bertz CT molecular complexity index is 575.